The monoisotopic (exact) mass is 411 g/mol. The van der Waals surface area contributed by atoms with E-state index in [0.29, 0.717) is 11.3 Å². The summed E-state index contributed by atoms with van der Waals surface area (Å²) in [7, 11) is 0. The molecule has 2 aliphatic heterocycles. The van der Waals surface area contributed by atoms with Crippen LogP contribution >= 0.6 is 0 Å². The van der Waals surface area contributed by atoms with Crippen LogP contribution in [0.25, 0.3) is 0 Å². The van der Waals surface area contributed by atoms with Crippen LogP contribution in [-0.2, 0) is 9.59 Å². The highest BCUT2D eigenvalue weighted by Crippen LogP contribution is 2.35. The maximum atomic E-state index is 13.3. The van der Waals surface area contributed by atoms with Gasteiger partial charge in [0.05, 0.1) is 12.1 Å². The Bertz CT molecular complexity index is 883. The summed E-state index contributed by atoms with van der Waals surface area (Å²) in [5.74, 6) is 0.547. The van der Waals surface area contributed by atoms with E-state index in [9.17, 15) is 14.4 Å². The first-order valence-electron chi connectivity index (χ1n) is 10.8. The number of benzene rings is 1. The van der Waals surface area contributed by atoms with E-state index in [1.807, 2.05) is 0 Å². The van der Waals surface area contributed by atoms with E-state index in [4.69, 9.17) is 0 Å². The Morgan fingerprint density at radius 2 is 2.00 bits per heavy atom. The van der Waals surface area contributed by atoms with Gasteiger partial charge in [0.2, 0.25) is 5.91 Å². The standard InChI is InChI=1S/C22H29N5O3/c1-3-7-19-24-25-21-22(30)26(17-10-4-5-11-18(17)27(19)21)13-20(29)23-16-9-6-8-15(12-16)14(2)28/h6,8-9,12,17-18,21,25H,3-5,7,10-11,13H2,1-2H3,(H,23,29). The SMILES string of the molecule is CCCC1=NNC2C(=O)N(CC(=O)Nc3cccc(C(C)=O)c3)C3CCCCC3N12. The summed E-state index contributed by atoms with van der Waals surface area (Å²) >= 11 is 0. The average Bonchev–Trinajstić information content (AvgIpc) is 3.16. The van der Waals surface area contributed by atoms with Gasteiger partial charge in [0.15, 0.2) is 11.9 Å². The topological polar surface area (TPSA) is 94.1 Å². The number of carbonyl (C=O) groups excluding carboxylic acids is 3. The number of fused-ring (bicyclic) bond motifs is 3. The molecule has 8 nitrogen and oxygen atoms in total. The zero-order chi connectivity index (χ0) is 21.3. The van der Waals surface area contributed by atoms with Crippen molar-refractivity contribution in [2.24, 2.45) is 5.10 Å². The number of rotatable bonds is 6. The van der Waals surface area contributed by atoms with Gasteiger partial charge >= 0.3 is 0 Å². The van der Waals surface area contributed by atoms with Crippen molar-refractivity contribution in [3.8, 4) is 0 Å². The van der Waals surface area contributed by atoms with E-state index in [1.165, 1.54) is 6.92 Å². The predicted octanol–water partition coefficient (Wildman–Crippen LogP) is 2.33. The fourth-order valence-corrected chi connectivity index (χ4v) is 4.84. The largest absolute Gasteiger partial charge is 0.325 e. The Morgan fingerprint density at radius 3 is 2.73 bits per heavy atom. The van der Waals surface area contributed by atoms with Gasteiger partial charge in [0.1, 0.15) is 12.4 Å². The van der Waals surface area contributed by atoms with E-state index in [-0.39, 0.29) is 36.2 Å². The van der Waals surface area contributed by atoms with E-state index >= 15 is 0 Å². The first kappa shape index (κ1) is 20.4. The number of ketones is 1. The molecule has 8 heteroatoms. The van der Waals surface area contributed by atoms with Gasteiger partial charge in [0.25, 0.3) is 5.91 Å². The zero-order valence-corrected chi connectivity index (χ0v) is 17.6. The summed E-state index contributed by atoms with van der Waals surface area (Å²) in [6.07, 6.45) is 5.37. The van der Waals surface area contributed by atoms with Crippen molar-refractivity contribution in [3.05, 3.63) is 29.8 Å². The predicted molar refractivity (Wildman–Crippen MR) is 114 cm³/mol. The fourth-order valence-electron chi connectivity index (χ4n) is 4.84. The van der Waals surface area contributed by atoms with Crippen molar-refractivity contribution in [1.29, 1.82) is 0 Å². The number of anilines is 1. The van der Waals surface area contributed by atoms with Crippen molar-refractivity contribution in [1.82, 2.24) is 15.2 Å². The first-order valence-corrected chi connectivity index (χ1v) is 10.8. The number of amides is 2. The average molecular weight is 412 g/mol. The van der Waals surface area contributed by atoms with E-state index < -0.39 is 6.17 Å². The summed E-state index contributed by atoms with van der Waals surface area (Å²) in [6, 6.07) is 7.06. The molecule has 0 aromatic heterocycles. The number of hydrogen-bond acceptors (Lipinski definition) is 6. The van der Waals surface area contributed by atoms with Gasteiger partial charge in [0, 0.05) is 17.7 Å². The molecule has 2 heterocycles. The van der Waals surface area contributed by atoms with Gasteiger partial charge in [-0.2, -0.15) is 5.10 Å². The molecule has 3 unspecified atom stereocenters. The van der Waals surface area contributed by atoms with Crippen LogP contribution in [0.15, 0.2) is 29.4 Å². The molecule has 1 saturated heterocycles. The minimum atomic E-state index is -0.514. The molecular formula is C22H29N5O3. The van der Waals surface area contributed by atoms with Crippen LogP contribution in [0.2, 0.25) is 0 Å². The van der Waals surface area contributed by atoms with E-state index in [0.717, 1.165) is 44.4 Å². The Balaban J connectivity index is 1.50. The lowest BCUT2D eigenvalue weighted by molar-refractivity contribution is -0.151. The molecule has 0 radical (unpaired) electrons. The number of hydrazone groups is 1. The van der Waals surface area contributed by atoms with Gasteiger partial charge in [-0.15, -0.1) is 0 Å². The lowest BCUT2D eigenvalue weighted by Crippen LogP contribution is -2.69. The molecule has 1 aromatic carbocycles. The molecular weight excluding hydrogens is 382 g/mol. The second kappa shape index (κ2) is 8.45. The number of amidine groups is 1. The number of Topliss-reactive ketones (excluding diaryl/α,β-unsaturated/α-hetero) is 1. The summed E-state index contributed by atoms with van der Waals surface area (Å²) in [6.45, 7) is 3.60. The van der Waals surface area contributed by atoms with E-state index in [1.54, 1.807) is 29.2 Å². The van der Waals surface area contributed by atoms with Crippen LogP contribution in [0, 0.1) is 0 Å². The Hall–Kier alpha value is -2.90. The van der Waals surface area contributed by atoms with Gasteiger partial charge in [-0.1, -0.05) is 31.9 Å². The lowest BCUT2D eigenvalue weighted by atomic mass is 9.85. The maximum absolute atomic E-state index is 13.3. The van der Waals surface area contributed by atoms with Crippen LogP contribution in [0.4, 0.5) is 5.69 Å². The summed E-state index contributed by atoms with van der Waals surface area (Å²) in [5, 5.41) is 7.27. The lowest BCUT2D eigenvalue weighted by Gasteiger charge is -2.51. The number of carbonyl (C=O) groups is 3. The minimum absolute atomic E-state index is 0.000565. The number of nitrogens with one attached hydrogen (secondary N) is 2. The normalized spacial score (nSPS) is 25.2. The molecule has 2 amide bonds. The zero-order valence-electron chi connectivity index (χ0n) is 17.6. The van der Waals surface area contributed by atoms with Crippen LogP contribution in [0.1, 0.15) is 62.7 Å². The van der Waals surface area contributed by atoms with E-state index in [2.05, 4.69) is 27.7 Å². The molecule has 2 N–H and O–H groups in total. The Morgan fingerprint density at radius 1 is 1.23 bits per heavy atom. The first-order chi connectivity index (χ1) is 14.5. The van der Waals surface area contributed by atoms with Crippen molar-refractivity contribution in [3.63, 3.8) is 0 Å². The van der Waals surface area contributed by atoms with Crippen molar-refractivity contribution in [2.45, 2.75) is 70.6 Å². The summed E-state index contributed by atoms with van der Waals surface area (Å²) < 4.78 is 0. The molecule has 160 valence electrons. The molecule has 1 aromatic rings. The number of hydrogen-bond donors (Lipinski definition) is 2. The van der Waals surface area contributed by atoms with Crippen LogP contribution in [0.5, 0.6) is 0 Å². The van der Waals surface area contributed by atoms with Gasteiger partial charge in [-0.3, -0.25) is 19.8 Å². The third kappa shape index (κ3) is 3.78. The van der Waals surface area contributed by atoms with Crippen LogP contribution in [0.3, 0.4) is 0 Å². The van der Waals surface area contributed by atoms with Gasteiger partial charge < -0.3 is 15.1 Å². The molecule has 2 fully saturated rings. The second-order valence-electron chi connectivity index (χ2n) is 8.29. The number of piperazine rings is 1. The van der Waals surface area contributed by atoms with Crippen molar-refractivity contribution < 1.29 is 14.4 Å². The minimum Gasteiger partial charge on any atom is -0.325 e. The quantitative estimate of drug-likeness (QED) is 0.701. The van der Waals surface area contributed by atoms with Gasteiger partial charge in [-0.25, -0.2) is 0 Å². The van der Waals surface area contributed by atoms with Crippen molar-refractivity contribution >= 4 is 29.1 Å². The smallest absolute Gasteiger partial charge is 0.268 e. The van der Waals surface area contributed by atoms with Crippen LogP contribution < -0.4 is 10.7 Å². The summed E-state index contributed by atoms with van der Waals surface area (Å²) in [5.41, 5.74) is 4.11. The molecule has 0 spiro atoms. The summed E-state index contributed by atoms with van der Waals surface area (Å²) in [4.78, 5) is 41.5. The molecule has 0 bridgehead atoms. The van der Waals surface area contributed by atoms with Gasteiger partial charge in [-0.05, 0) is 38.3 Å². The Kier molecular flexibility index (Phi) is 5.74. The highest BCUT2D eigenvalue weighted by Gasteiger charge is 2.50. The molecule has 30 heavy (non-hydrogen) atoms. The van der Waals surface area contributed by atoms with Crippen molar-refractivity contribution in [2.75, 3.05) is 11.9 Å². The third-order valence-corrected chi connectivity index (χ3v) is 6.20. The Labute approximate surface area is 176 Å². The molecule has 3 atom stereocenters. The third-order valence-electron chi connectivity index (χ3n) is 6.20. The molecule has 1 saturated carbocycles. The maximum Gasteiger partial charge on any atom is 0.268 e. The highest BCUT2D eigenvalue weighted by molar-refractivity contribution is 5.99. The number of nitrogens with zero attached hydrogens (tertiary/aromatic N) is 3. The van der Waals surface area contributed by atoms with Crippen LogP contribution in [-0.4, -0.2) is 58.0 Å². The molecule has 1 aliphatic carbocycles. The highest BCUT2D eigenvalue weighted by atomic mass is 16.2. The second-order valence-corrected chi connectivity index (χ2v) is 8.29. The molecule has 4 rings (SSSR count). The fraction of sp³-hybridized carbons (Fsp3) is 0.545. The molecule has 3 aliphatic rings.